The molecule has 0 aliphatic rings. The van der Waals surface area contributed by atoms with Gasteiger partial charge in [0, 0.05) is 0 Å². The van der Waals surface area contributed by atoms with Crippen LogP contribution in [0.4, 0.5) is 0 Å². The van der Waals surface area contributed by atoms with Crippen LogP contribution in [0.3, 0.4) is 0 Å². The van der Waals surface area contributed by atoms with Gasteiger partial charge in [-0.15, -0.1) is 0 Å². The first kappa shape index (κ1) is 18.3. The predicted octanol–water partition coefficient (Wildman–Crippen LogP) is 5.96. The second-order valence-electron chi connectivity index (χ2n) is 5.12. The fourth-order valence-electron chi connectivity index (χ4n) is 2.05. The maximum atomic E-state index is 6.11. The number of halogens is 1. The van der Waals surface area contributed by atoms with Gasteiger partial charge >= 0.3 is 164 Å². The van der Waals surface area contributed by atoms with Crippen LogP contribution in [-0.2, 0) is 5.33 Å². The summed E-state index contributed by atoms with van der Waals surface area (Å²) in [6.07, 6.45) is -2.80. The summed E-state index contributed by atoms with van der Waals surface area (Å²) in [6, 6.07) is 26.8. The fourth-order valence-corrected chi connectivity index (χ4v) is 5.30. The molecule has 0 radical (unpaired) electrons. The summed E-state index contributed by atoms with van der Waals surface area (Å²) < 4.78 is 18.2. The van der Waals surface area contributed by atoms with Crippen LogP contribution < -0.4 is 13.6 Å². The van der Waals surface area contributed by atoms with Gasteiger partial charge in [-0.05, 0) is 0 Å². The number of hydrogen-bond donors (Lipinski definition) is 0. The normalized spacial score (nSPS) is 10.9. The van der Waals surface area contributed by atoms with E-state index in [-0.39, 0.29) is 0 Å². The molecule has 3 aromatic carbocycles. The second-order valence-corrected chi connectivity index (χ2v) is 9.94. The van der Waals surface area contributed by atoms with Crippen molar-refractivity contribution in [3.63, 3.8) is 0 Å². The van der Waals surface area contributed by atoms with Gasteiger partial charge in [0.05, 0.1) is 0 Å². The van der Waals surface area contributed by atoms with E-state index >= 15 is 0 Å². The Balaban J connectivity index is 1.85. The van der Waals surface area contributed by atoms with Crippen molar-refractivity contribution >= 4 is 37.2 Å². The molecular weight excluding hydrogens is 466 g/mol. The Morgan fingerprint density at radius 1 is 0.640 bits per heavy atom. The minimum atomic E-state index is -2.80. The van der Waals surface area contributed by atoms with E-state index in [0.29, 0.717) is 17.2 Å². The Hall–Kier alpha value is -1.51. The van der Waals surface area contributed by atoms with Gasteiger partial charge in [-0.2, -0.15) is 0 Å². The maximum absolute atomic E-state index is 6.11. The summed E-state index contributed by atoms with van der Waals surface area (Å²) in [6.45, 7) is 0. The van der Waals surface area contributed by atoms with Crippen molar-refractivity contribution in [2.45, 2.75) is 5.33 Å². The van der Waals surface area contributed by atoms with E-state index in [1.807, 2.05) is 84.9 Å². The van der Waals surface area contributed by atoms with Crippen LogP contribution in [0.5, 0.6) is 17.2 Å². The molecule has 0 N–H and O–H groups in total. The molecule has 0 aliphatic carbocycles. The molecule has 0 heterocycles. The van der Waals surface area contributed by atoms with E-state index in [2.05, 4.69) is 31.0 Å². The summed E-state index contributed by atoms with van der Waals surface area (Å²) in [7, 11) is 0. The van der Waals surface area contributed by atoms with Gasteiger partial charge in [-0.1, -0.05) is 0 Å². The molecule has 3 aromatic rings. The van der Waals surface area contributed by atoms with Gasteiger partial charge in [0.15, 0.2) is 0 Å². The third-order valence-electron chi connectivity index (χ3n) is 3.22. The summed E-state index contributed by atoms with van der Waals surface area (Å²) in [4.78, 5) is 0. The van der Waals surface area contributed by atoms with Crippen molar-refractivity contribution < 1.29 is 13.6 Å². The molecular formula is C19H16BrO3PSe. The Kier molecular flexibility index (Phi) is 6.39. The first-order valence-corrected chi connectivity index (χ1v) is 12.5. The first-order valence-electron chi connectivity index (χ1n) is 7.61. The monoisotopic (exact) mass is 482 g/mol. The first-order chi connectivity index (χ1) is 12.2. The van der Waals surface area contributed by atoms with Crippen LogP contribution in [0.1, 0.15) is 5.56 Å². The third kappa shape index (κ3) is 5.48. The molecule has 0 saturated carbocycles. The molecule has 0 bridgehead atoms. The number of hydrogen-bond acceptors (Lipinski definition) is 3. The summed E-state index contributed by atoms with van der Waals surface area (Å²) in [5.74, 6) is 2.05. The van der Waals surface area contributed by atoms with Crippen LogP contribution in [0, 0.1) is 0 Å². The van der Waals surface area contributed by atoms with Crippen molar-refractivity contribution in [2.75, 3.05) is 0 Å². The van der Waals surface area contributed by atoms with Crippen LogP contribution in [0.2, 0.25) is 0 Å². The molecule has 0 aromatic heterocycles. The molecule has 0 saturated heterocycles. The SMILES string of the molecule is [Se]=P(Oc1ccccc1)(Oc1ccccc1)Oc1ccc(CBr)cc1. The zero-order valence-corrected chi connectivity index (χ0v) is 17.4. The molecule has 0 spiro atoms. The van der Waals surface area contributed by atoms with Gasteiger partial charge in [0.2, 0.25) is 0 Å². The van der Waals surface area contributed by atoms with Crippen molar-refractivity contribution in [1.29, 1.82) is 0 Å². The average Bonchev–Trinajstić information content (AvgIpc) is 2.64. The predicted molar refractivity (Wildman–Crippen MR) is 107 cm³/mol. The molecule has 0 fully saturated rings. The van der Waals surface area contributed by atoms with E-state index < -0.39 is 6.19 Å². The Labute approximate surface area is 163 Å². The van der Waals surface area contributed by atoms with Crippen molar-refractivity contribution in [2.24, 2.45) is 0 Å². The molecule has 0 atom stereocenters. The van der Waals surface area contributed by atoms with Gasteiger partial charge in [-0.25, -0.2) is 0 Å². The topological polar surface area (TPSA) is 27.7 Å². The molecule has 128 valence electrons. The molecule has 3 rings (SSSR count). The van der Waals surface area contributed by atoms with Gasteiger partial charge in [-0.3, -0.25) is 0 Å². The molecule has 0 aliphatic heterocycles. The van der Waals surface area contributed by atoms with Crippen LogP contribution in [0.15, 0.2) is 84.9 Å². The standard InChI is InChI=1S/C19H16BrO3PSe/c20-15-16-11-13-19(14-12-16)23-24(25,21-17-7-3-1-4-8-17)22-18-9-5-2-6-10-18/h1-14H,15H2. The molecule has 6 heteroatoms. The average molecular weight is 482 g/mol. The number of benzene rings is 3. The zero-order valence-electron chi connectivity index (χ0n) is 13.2. The molecule has 25 heavy (non-hydrogen) atoms. The molecule has 0 unspecified atom stereocenters. The summed E-state index contributed by atoms with van der Waals surface area (Å²) in [5.41, 5.74) is 1.17. The Bertz CT molecular complexity index is 796. The zero-order chi connectivity index (χ0) is 17.5. The van der Waals surface area contributed by atoms with Gasteiger partial charge in [0.25, 0.3) is 0 Å². The summed E-state index contributed by atoms with van der Waals surface area (Å²) in [5, 5.41) is 0.798. The molecule has 0 amide bonds. The van der Waals surface area contributed by atoms with E-state index in [9.17, 15) is 0 Å². The number of para-hydroxylation sites is 2. The molecule has 3 nitrogen and oxygen atoms in total. The quantitative estimate of drug-likeness (QED) is 0.236. The van der Waals surface area contributed by atoms with E-state index in [1.165, 1.54) is 5.56 Å². The minimum absolute atomic E-state index is 0.683. The number of rotatable bonds is 7. The van der Waals surface area contributed by atoms with Crippen LogP contribution in [0.25, 0.3) is 0 Å². The Morgan fingerprint density at radius 2 is 1.04 bits per heavy atom. The van der Waals surface area contributed by atoms with E-state index in [4.69, 9.17) is 13.6 Å². The van der Waals surface area contributed by atoms with E-state index in [1.54, 1.807) is 0 Å². The van der Waals surface area contributed by atoms with E-state index in [0.717, 1.165) is 5.33 Å². The van der Waals surface area contributed by atoms with Gasteiger partial charge < -0.3 is 0 Å². The third-order valence-corrected chi connectivity index (χ3v) is 6.57. The summed E-state index contributed by atoms with van der Waals surface area (Å²) >= 11 is 6.44. The van der Waals surface area contributed by atoms with Crippen molar-refractivity contribution in [1.82, 2.24) is 0 Å². The van der Waals surface area contributed by atoms with Gasteiger partial charge in [0.1, 0.15) is 0 Å². The van der Waals surface area contributed by atoms with Crippen molar-refractivity contribution in [3.05, 3.63) is 90.5 Å². The fraction of sp³-hybridized carbons (Fsp3) is 0.0526. The number of alkyl halides is 1. The van der Waals surface area contributed by atoms with Crippen LogP contribution in [-0.4, -0.2) is 15.1 Å². The van der Waals surface area contributed by atoms with Crippen LogP contribution >= 0.6 is 22.1 Å². The van der Waals surface area contributed by atoms with Crippen molar-refractivity contribution in [3.8, 4) is 17.2 Å². The second kappa shape index (κ2) is 8.73. The Morgan fingerprint density at radius 3 is 1.44 bits per heavy atom.